The lowest BCUT2D eigenvalue weighted by atomic mass is 10.0. The van der Waals surface area contributed by atoms with E-state index >= 15 is 0 Å². The maximum Gasteiger partial charge on any atom is 0.127 e. The summed E-state index contributed by atoms with van der Waals surface area (Å²) in [6, 6.07) is 14.3. The summed E-state index contributed by atoms with van der Waals surface area (Å²) in [6.07, 6.45) is 1.79. The molecule has 2 heterocycles. The van der Waals surface area contributed by atoms with E-state index in [2.05, 4.69) is 48.9 Å². The summed E-state index contributed by atoms with van der Waals surface area (Å²) in [4.78, 5) is 7.94. The molecule has 3 nitrogen and oxygen atoms in total. The van der Waals surface area contributed by atoms with Gasteiger partial charge in [0.25, 0.3) is 0 Å². The molecule has 1 atom stereocenters. The quantitative estimate of drug-likeness (QED) is 0.770. The van der Waals surface area contributed by atoms with Crippen LogP contribution in [0.5, 0.6) is 0 Å². The second kappa shape index (κ2) is 5.70. The van der Waals surface area contributed by atoms with E-state index in [0.717, 1.165) is 16.9 Å². The summed E-state index contributed by atoms with van der Waals surface area (Å²) in [6.45, 7) is 6.20. The average molecular weight is 280 g/mol. The van der Waals surface area contributed by atoms with Gasteiger partial charge in [0.05, 0.1) is 11.8 Å². The van der Waals surface area contributed by atoms with Crippen molar-refractivity contribution in [3.8, 4) is 0 Å². The molecule has 1 aromatic carbocycles. The van der Waals surface area contributed by atoms with Gasteiger partial charge in [-0.05, 0) is 39.0 Å². The van der Waals surface area contributed by atoms with Gasteiger partial charge in [0.15, 0.2) is 0 Å². The Morgan fingerprint density at radius 2 is 1.81 bits per heavy atom. The monoisotopic (exact) mass is 280 g/mol. The van der Waals surface area contributed by atoms with E-state index in [9.17, 15) is 0 Å². The Bertz CT molecular complexity index is 731. The minimum absolute atomic E-state index is 0.130. The minimum Gasteiger partial charge on any atom is -0.364 e. The molecule has 0 fully saturated rings. The van der Waals surface area contributed by atoms with Crippen LogP contribution in [-0.4, -0.2) is 16.1 Å². The van der Waals surface area contributed by atoms with Crippen molar-refractivity contribution in [2.75, 3.05) is 0 Å². The first kappa shape index (κ1) is 13.8. The summed E-state index contributed by atoms with van der Waals surface area (Å²) in [5, 5.41) is 1.20. The molecule has 0 bridgehead atoms. The highest BCUT2D eigenvalue weighted by molar-refractivity contribution is 5.85. The maximum absolute atomic E-state index is 6.19. The lowest BCUT2D eigenvalue weighted by Gasteiger charge is -2.21. The highest BCUT2D eigenvalue weighted by atomic mass is 16.5. The highest BCUT2D eigenvalue weighted by Gasteiger charge is 2.23. The molecule has 0 unspecified atom stereocenters. The number of aryl methyl sites for hydroxylation is 1. The van der Waals surface area contributed by atoms with Crippen molar-refractivity contribution in [2.24, 2.45) is 0 Å². The lowest BCUT2D eigenvalue weighted by molar-refractivity contribution is 0.0285. The first-order valence-electron chi connectivity index (χ1n) is 7.30. The van der Waals surface area contributed by atoms with Gasteiger partial charge in [-0.1, -0.05) is 24.3 Å². The van der Waals surface area contributed by atoms with Crippen LogP contribution in [0.4, 0.5) is 0 Å². The summed E-state index contributed by atoms with van der Waals surface area (Å²) >= 11 is 0. The van der Waals surface area contributed by atoms with E-state index in [-0.39, 0.29) is 12.2 Å². The Balaban J connectivity index is 2.17. The second-order valence-corrected chi connectivity index (χ2v) is 5.53. The van der Waals surface area contributed by atoms with Gasteiger partial charge in [-0.15, -0.1) is 0 Å². The van der Waals surface area contributed by atoms with Gasteiger partial charge >= 0.3 is 0 Å². The van der Waals surface area contributed by atoms with Crippen molar-refractivity contribution in [3.63, 3.8) is 0 Å². The molecule has 0 saturated carbocycles. The number of nitrogens with one attached hydrogen (secondary N) is 1. The van der Waals surface area contributed by atoms with Crippen molar-refractivity contribution in [1.29, 1.82) is 0 Å². The number of rotatable bonds is 4. The fraction of sp³-hybridized carbons (Fsp3) is 0.278. The van der Waals surface area contributed by atoms with Crippen molar-refractivity contribution >= 4 is 10.9 Å². The lowest BCUT2D eigenvalue weighted by Crippen LogP contribution is -2.13. The van der Waals surface area contributed by atoms with Crippen molar-refractivity contribution in [2.45, 2.75) is 33.0 Å². The molecule has 0 radical (unpaired) electrons. The molecular weight excluding hydrogens is 260 g/mol. The number of pyridine rings is 1. The fourth-order valence-corrected chi connectivity index (χ4v) is 2.73. The smallest absolute Gasteiger partial charge is 0.127 e. The van der Waals surface area contributed by atoms with Gasteiger partial charge < -0.3 is 9.72 Å². The predicted octanol–water partition coefficient (Wildman–Crippen LogP) is 4.39. The van der Waals surface area contributed by atoms with E-state index in [4.69, 9.17) is 4.74 Å². The Morgan fingerprint density at radius 3 is 2.52 bits per heavy atom. The summed E-state index contributed by atoms with van der Waals surface area (Å²) in [5.41, 5.74) is 4.39. The van der Waals surface area contributed by atoms with Crippen LogP contribution < -0.4 is 0 Å². The zero-order valence-corrected chi connectivity index (χ0v) is 12.6. The van der Waals surface area contributed by atoms with Crippen LogP contribution in [0, 0.1) is 6.92 Å². The molecule has 0 aliphatic carbocycles. The highest BCUT2D eigenvalue weighted by Crippen LogP contribution is 2.34. The van der Waals surface area contributed by atoms with Gasteiger partial charge in [-0.3, -0.25) is 4.98 Å². The number of fused-ring (bicyclic) bond motifs is 1. The van der Waals surface area contributed by atoms with Gasteiger partial charge in [0.1, 0.15) is 6.10 Å². The predicted molar refractivity (Wildman–Crippen MR) is 85.3 cm³/mol. The third kappa shape index (κ3) is 2.69. The molecular formula is C18H20N2O. The van der Waals surface area contributed by atoms with Crippen LogP contribution >= 0.6 is 0 Å². The third-order valence-corrected chi connectivity index (χ3v) is 3.57. The summed E-state index contributed by atoms with van der Waals surface area (Å²) in [5.74, 6) is 0. The second-order valence-electron chi connectivity index (χ2n) is 5.53. The molecule has 3 heteroatoms. The van der Waals surface area contributed by atoms with E-state index in [1.165, 1.54) is 10.9 Å². The molecule has 0 spiro atoms. The molecule has 0 aliphatic heterocycles. The van der Waals surface area contributed by atoms with Gasteiger partial charge in [-0.25, -0.2) is 0 Å². The Hall–Kier alpha value is -2.13. The number of nitrogens with zero attached hydrogens (tertiary/aromatic N) is 1. The van der Waals surface area contributed by atoms with Gasteiger partial charge in [0, 0.05) is 28.4 Å². The SMILES string of the molecule is Cc1[nH]c2ccccc2c1[C@@H](OC(C)C)c1ccccn1. The maximum atomic E-state index is 6.19. The topological polar surface area (TPSA) is 37.9 Å². The van der Waals surface area contributed by atoms with E-state index in [1.807, 2.05) is 30.5 Å². The van der Waals surface area contributed by atoms with Crippen LogP contribution in [-0.2, 0) is 4.74 Å². The number of benzene rings is 1. The molecule has 21 heavy (non-hydrogen) atoms. The van der Waals surface area contributed by atoms with Crippen molar-refractivity contribution in [3.05, 3.63) is 65.6 Å². The normalized spacial score (nSPS) is 13.0. The van der Waals surface area contributed by atoms with Crippen LogP contribution in [0.1, 0.15) is 36.9 Å². The first-order chi connectivity index (χ1) is 10.2. The number of hydrogen-bond acceptors (Lipinski definition) is 2. The molecule has 2 aromatic heterocycles. The first-order valence-corrected chi connectivity index (χ1v) is 7.30. The standard InChI is InChI=1S/C18H20N2O/c1-12(2)21-18(16-10-6-7-11-19-16)17-13(3)20-15-9-5-4-8-14(15)17/h4-12,18,20H,1-3H3/t18-/m0/s1. The van der Waals surface area contributed by atoms with Crippen molar-refractivity contribution < 1.29 is 4.74 Å². The van der Waals surface area contributed by atoms with Gasteiger partial charge in [0.2, 0.25) is 0 Å². The fourth-order valence-electron chi connectivity index (χ4n) is 2.73. The van der Waals surface area contributed by atoms with Gasteiger partial charge in [-0.2, -0.15) is 0 Å². The number of aromatic nitrogens is 2. The molecule has 3 rings (SSSR count). The molecule has 0 saturated heterocycles. The van der Waals surface area contributed by atoms with Crippen LogP contribution in [0.15, 0.2) is 48.7 Å². The molecule has 0 amide bonds. The average Bonchev–Trinajstić information content (AvgIpc) is 2.81. The van der Waals surface area contributed by atoms with Crippen LogP contribution in [0.2, 0.25) is 0 Å². The van der Waals surface area contributed by atoms with E-state index in [0.29, 0.717) is 0 Å². The summed E-state index contributed by atoms with van der Waals surface area (Å²) in [7, 11) is 0. The molecule has 0 aliphatic rings. The van der Waals surface area contributed by atoms with E-state index < -0.39 is 0 Å². The Kier molecular flexibility index (Phi) is 3.76. The molecule has 3 aromatic rings. The van der Waals surface area contributed by atoms with Crippen LogP contribution in [0.25, 0.3) is 10.9 Å². The number of H-pyrrole nitrogens is 1. The number of para-hydroxylation sites is 1. The number of aromatic amines is 1. The minimum atomic E-state index is -0.151. The molecule has 108 valence electrons. The Labute approximate surface area is 125 Å². The number of ether oxygens (including phenoxy) is 1. The zero-order valence-electron chi connectivity index (χ0n) is 12.6. The zero-order chi connectivity index (χ0) is 14.8. The van der Waals surface area contributed by atoms with E-state index in [1.54, 1.807) is 0 Å². The largest absolute Gasteiger partial charge is 0.364 e. The van der Waals surface area contributed by atoms with Crippen LogP contribution in [0.3, 0.4) is 0 Å². The number of hydrogen-bond donors (Lipinski definition) is 1. The summed E-state index contributed by atoms with van der Waals surface area (Å²) < 4.78 is 6.19. The molecule has 1 N–H and O–H groups in total. The third-order valence-electron chi connectivity index (χ3n) is 3.57. The Morgan fingerprint density at radius 1 is 1.05 bits per heavy atom. The van der Waals surface area contributed by atoms with Crippen molar-refractivity contribution in [1.82, 2.24) is 9.97 Å².